The summed E-state index contributed by atoms with van der Waals surface area (Å²) in [4.78, 5) is 22.3. The van der Waals surface area contributed by atoms with Crippen molar-refractivity contribution in [3.8, 4) is 0 Å². The first-order valence-electron chi connectivity index (χ1n) is 7.72. The number of benzene rings is 2. The molecular weight excluding hydrogens is 328 g/mol. The van der Waals surface area contributed by atoms with E-state index >= 15 is 0 Å². The first-order valence-corrected chi connectivity index (χ1v) is 8.09. The standard InChI is InChI=1S/C18H19ClN2O3/c1-13(7-8-14-5-3-2-4-6-14)20-18(22)11-15-9-10-16(21(23)24)12-17(15)19/h2-6,9-10,12-13H,7-8,11H2,1H3,(H,20,22). The van der Waals surface area contributed by atoms with Crippen LogP contribution in [0.5, 0.6) is 0 Å². The SMILES string of the molecule is CC(CCc1ccccc1)NC(=O)Cc1ccc([N+](=O)[O-])cc1Cl. The number of aryl methyl sites for hydroxylation is 1. The van der Waals surface area contributed by atoms with Gasteiger partial charge in [-0.25, -0.2) is 0 Å². The van der Waals surface area contributed by atoms with Gasteiger partial charge in [-0.1, -0.05) is 48.0 Å². The van der Waals surface area contributed by atoms with E-state index in [9.17, 15) is 14.9 Å². The molecular formula is C18H19ClN2O3. The predicted molar refractivity (Wildman–Crippen MR) is 94.2 cm³/mol. The number of nitro groups is 1. The van der Waals surface area contributed by atoms with E-state index in [4.69, 9.17) is 11.6 Å². The van der Waals surface area contributed by atoms with Gasteiger partial charge in [-0.2, -0.15) is 0 Å². The first-order chi connectivity index (χ1) is 11.5. The van der Waals surface area contributed by atoms with Crippen molar-refractivity contribution in [2.24, 2.45) is 0 Å². The molecule has 0 saturated heterocycles. The molecule has 0 fully saturated rings. The molecule has 0 aliphatic heterocycles. The first kappa shape index (κ1) is 17.9. The number of nitro benzene ring substituents is 1. The van der Waals surface area contributed by atoms with E-state index in [1.165, 1.54) is 23.8 Å². The van der Waals surface area contributed by atoms with E-state index in [-0.39, 0.29) is 29.1 Å². The van der Waals surface area contributed by atoms with Crippen LogP contribution in [-0.2, 0) is 17.6 Å². The summed E-state index contributed by atoms with van der Waals surface area (Å²) in [7, 11) is 0. The predicted octanol–water partition coefficient (Wildman–Crippen LogP) is 3.93. The summed E-state index contributed by atoms with van der Waals surface area (Å²) in [5.41, 5.74) is 1.73. The fourth-order valence-corrected chi connectivity index (χ4v) is 2.63. The van der Waals surface area contributed by atoms with Crippen LogP contribution in [-0.4, -0.2) is 16.9 Å². The summed E-state index contributed by atoms with van der Waals surface area (Å²) < 4.78 is 0. The maximum Gasteiger partial charge on any atom is 0.270 e. The van der Waals surface area contributed by atoms with Gasteiger partial charge >= 0.3 is 0 Å². The molecule has 1 amide bonds. The molecule has 0 radical (unpaired) electrons. The molecule has 1 N–H and O–H groups in total. The lowest BCUT2D eigenvalue weighted by atomic mass is 10.1. The molecule has 2 aromatic rings. The van der Waals surface area contributed by atoms with Crippen molar-refractivity contribution in [3.63, 3.8) is 0 Å². The Morgan fingerprint density at radius 1 is 1.25 bits per heavy atom. The maximum absolute atomic E-state index is 12.1. The number of nitrogens with zero attached hydrogens (tertiary/aromatic N) is 1. The molecule has 0 aromatic heterocycles. The normalized spacial score (nSPS) is 11.8. The van der Waals surface area contributed by atoms with Crippen LogP contribution >= 0.6 is 11.6 Å². The molecule has 5 nitrogen and oxygen atoms in total. The Hall–Kier alpha value is -2.40. The van der Waals surface area contributed by atoms with E-state index in [1.54, 1.807) is 0 Å². The molecule has 1 atom stereocenters. The van der Waals surface area contributed by atoms with Crippen LogP contribution in [0, 0.1) is 10.1 Å². The van der Waals surface area contributed by atoms with Crippen molar-refractivity contribution < 1.29 is 9.72 Å². The highest BCUT2D eigenvalue weighted by Gasteiger charge is 2.13. The Balaban J connectivity index is 1.85. The molecule has 2 rings (SSSR count). The zero-order valence-electron chi connectivity index (χ0n) is 13.4. The topological polar surface area (TPSA) is 72.2 Å². The van der Waals surface area contributed by atoms with Crippen molar-refractivity contribution in [1.82, 2.24) is 5.32 Å². The Labute approximate surface area is 145 Å². The van der Waals surface area contributed by atoms with Gasteiger partial charge in [0.1, 0.15) is 0 Å². The van der Waals surface area contributed by atoms with E-state index in [0.717, 1.165) is 12.8 Å². The van der Waals surface area contributed by atoms with Crippen LogP contribution in [0.15, 0.2) is 48.5 Å². The zero-order valence-corrected chi connectivity index (χ0v) is 14.1. The van der Waals surface area contributed by atoms with Gasteiger partial charge in [0.05, 0.1) is 16.4 Å². The Morgan fingerprint density at radius 2 is 1.96 bits per heavy atom. The van der Waals surface area contributed by atoms with Gasteiger partial charge in [0.2, 0.25) is 5.91 Å². The summed E-state index contributed by atoms with van der Waals surface area (Å²) in [5.74, 6) is -0.147. The number of nitrogens with one attached hydrogen (secondary N) is 1. The Bertz CT molecular complexity index is 719. The third-order valence-electron chi connectivity index (χ3n) is 3.71. The van der Waals surface area contributed by atoms with Gasteiger partial charge in [-0.15, -0.1) is 0 Å². The quantitative estimate of drug-likeness (QED) is 0.610. The Morgan fingerprint density at radius 3 is 2.58 bits per heavy atom. The lowest BCUT2D eigenvalue weighted by Crippen LogP contribution is -2.34. The number of non-ortho nitro benzene ring substituents is 1. The lowest BCUT2D eigenvalue weighted by Gasteiger charge is -2.14. The van der Waals surface area contributed by atoms with Gasteiger partial charge in [0, 0.05) is 18.2 Å². The highest BCUT2D eigenvalue weighted by Crippen LogP contribution is 2.22. The van der Waals surface area contributed by atoms with Crippen LogP contribution in [0.1, 0.15) is 24.5 Å². The van der Waals surface area contributed by atoms with Gasteiger partial charge in [-0.05, 0) is 30.9 Å². The molecule has 0 spiro atoms. The Kier molecular flexibility index (Phi) is 6.32. The molecule has 0 aliphatic rings. The minimum Gasteiger partial charge on any atom is -0.353 e. The molecule has 0 aliphatic carbocycles. The largest absolute Gasteiger partial charge is 0.353 e. The van der Waals surface area contributed by atoms with Crippen LogP contribution in [0.4, 0.5) is 5.69 Å². The second-order valence-electron chi connectivity index (χ2n) is 5.70. The average Bonchev–Trinajstić information content (AvgIpc) is 2.55. The summed E-state index contributed by atoms with van der Waals surface area (Å²) in [5, 5.41) is 13.9. The maximum atomic E-state index is 12.1. The summed E-state index contributed by atoms with van der Waals surface area (Å²) in [6.07, 6.45) is 1.83. The third kappa shape index (κ3) is 5.35. The molecule has 0 heterocycles. The van der Waals surface area contributed by atoms with Crippen molar-refractivity contribution in [3.05, 3.63) is 74.8 Å². The van der Waals surface area contributed by atoms with E-state index in [1.807, 2.05) is 25.1 Å². The molecule has 1 unspecified atom stereocenters. The fourth-order valence-electron chi connectivity index (χ4n) is 2.39. The van der Waals surface area contributed by atoms with Gasteiger partial charge < -0.3 is 5.32 Å². The second-order valence-corrected chi connectivity index (χ2v) is 6.11. The van der Waals surface area contributed by atoms with Gasteiger partial charge in [0.25, 0.3) is 5.69 Å². The number of halogens is 1. The van der Waals surface area contributed by atoms with E-state index in [2.05, 4.69) is 17.4 Å². The molecule has 0 saturated carbocycles. The summed E-state index contributed by atoms with van der Waals surface area (Å²) in [6.45, 7) is 1.96. The van der Waals surface area contributed by atoms with Crippen molar-refractivity contribution in [1.29, 1.82) is 0 Å². The number of hydrogen-bond acceptors (Lipinski definition) is 3. The number of rotatable bonds is 7. The van der Waals surface area contributed by atoms with Crippen LogP contribution < -0.4 is 5.32 Å². The highest BCUT2D eigenvalue weighted by atomic mass is 35.5. The number of amides is 1. The van der Waals surface area contributed by atoms with Crippen LogP contribution in [0.25, 0.3) is 0 Å². The van der Waals surface area contributed by atoms with Crippen molar-refractivity contribution in [2.75, 3.05) is 0 Å². The summed E-state index contributed by atoms with van der Waals surface area (Å²) in [6, 6.07) is 14.3. The van der Waals surface area contributed by atoms with E-state index < -0.39 is 4.92 Å². The lowest BCUT2D eigenvalue weighted by molar-refractivity contribution is -0.384. The average molecular weight is 347 g/mol. The van der Waals surface area contributed by atoms with Gasteiger partial charge in [-0.3, -0.25) is 14.9 Å². The van der Waals surface area contributed by atoms with Crippen LogP contribution in [0.2, 0.25) is 5.02 Å². The summed E-state index contributed by atoms with van der Waals surface area (Å²) >= 11 is 6.01. The smallest absolute Gasteiger partial charge is 0.270 e. The minimum absolute atomic E-state index is 0.0366. The zero-order chi connectivity index (χ0) is 17.5. The fraction of sp³-hybridized carbons (Fsp3) is 0.278. The monoisotopic (exact) mass is 346 g/mol. The highest BCUT2D eigenvalue weighted by molar-refractivity contribution is 6.31. The van der Waals surface area contributed by atoms with Crippen molar-refractivity contribution >= 4 is 23.2 Å². The van der Waals surface area contributed by atoms with E-state index in [0.29, 0.717) is 5.56 Å². The minimum atomic E-state index is -0.513. The third-order valence-corrected chi connectivity index (χ3v) is 4.07. The van der Waals surface area contributed by atoms with Crippen LogP contribution in [0.3, 0.4) is 0 Å². The van der Waals surface area contributed by atoms with Crippen molar-refractivity contribution in [2.45, 2.75) is 32.2 Å². The molecule has 6 heteroatoms. The molecule has 24 heavy (non-hydrogen) atoms. The molecule has 126 valence electrons. The number of carbonyl (C=O) groups is 1. The number of hydrogen-bond donors (Lipinski definition) is 1. The van der Waals surface area contributed by atoms with Gasteiger partial charge in [0.15, 0.2) is 0 Å². The molecule has 2 aromatic carbocycles. The number of carbonyl (C=O) groups excluding carboxylic acids is 1. The molecule has 0 bridgehead atoms. The second kappa shape index (κ2) is 8.45.